The lowest BCUT2D eigenvalue weighted by atomic mass is 10.1. The number of rotatable bonds is 6. The highest BCUT2D eigenvalue weighted by atomic mass is 32.2. The van der Waals surface area contributed by atoms with Gasteiger partial charge in [-0.1, -0.05) is 0 Å². The fourth-order valence-corrected chi connectivity index (χ4v) is 4.83. The molecule has 1 aromatic rings. The van der Waals surface area contributed by atoms with Crippen molar-refractivity contribution in [2.75, 3.05) is 31.4 Å². The summed E-state index contributed by atoms with van der Waals surface area (Å²) < 4.78 is 49.6. The number of fused-ring (bicyclic) bond motifs is 1. The lowest BCUT2D eigenvalue weighted by molar-refractivity contribution is -0.137. The molecule has 2 fully saturated rings. The number of carbonyl (C=O) groups excluding carboxylic acids is 2. The first kappa shape index (κ1) is 20.8. The first-order valence-electron chi connectivity index (χ1n) is 8.76. The lowest BCUT2D eigenvalue weighted by Crippen LogP contribution is -2.48. The van der Waals surface area contributed by atoms with Crippen LogP contribution in [0.15, 0.2) is 18.2 Å². The largest absolute Gasteiger partial charge is 0.489 e. The number of thioether (sulfide) groups is 1. The van der Waals surface area contributed by atoms with Crippen molar-refractivity contribution >= 4 is 29.3 Å². The third-order valence-electron chi connectivity index (χ3n) is 4.86. The molecular formula is C18H21F3N2O4S. The number of halogens is 3. The molecule has 1 aromatic carbocycles. The Morgan fingerprint density at radius 2 is 2.14 bits per heavy atom. The molecule has 154 valence electrons. The highest BCUT2D eigenvalue weighted by Gasteiger charge is 2.53. The first-order valence-corrected chi connectivity index (χ1v) is 9.74. The molecule has 1 N–H and O–H groups in total. The average molecular weight is 418 g/mol. The molecule has 0 spiro atoms. The van der Waals surface area contributed by atoms with Gasteiger partial charge in [-0.2, -0.15) is 13.2 Å². The number of hydrogen-bond donors (Lipinski definition) is 1. The van der Waals surface area contributed by atoms with E-state index in [1.165, 1.54) is 24.9 Å². The molecule has 0 saturated carbocycles. The van der Waals surface area contributed by atoms with E-state index < -0.39 is 28.6 Å². The summed E-state index contributed by atoms with van der Waals surface area (Å²) in [5.74, 6) is -0.136. The molecule has 0 radical (unpaired) electrons. The molecule has 2 saturated heterocycles. The standard InChI is InChI=1S/C18H21F3N2O4S/c1-17-6-5-15(24)23(17)13(10-28-17)16(25)22-12-9-11(18(19,20)21)3-4-14(12)27-8-7-26-2/h3-4,9,13H,5-8,10H2,1-2H3,(H,22,25). The van der Waals surface area contributed by atoms with Crippen LogP contribution in [0.4, 0.5) is 18.9 Å². The van der Waals surface area contributed by atoms with Crippen LogP contribution in [-0.2, 0) is 20.5 Å². The topological polar surface area (TPSA) is 67.9 Å². The molecule has 0 aromatic heterocycles. The summed E-state index contributed by atoms with van der Waals surface area (Å²) in [6, 6.07) is 2.17. The predicted molar refractivity (Wildman–Crippen MR) is 98.2 cm³/mol. The summed E-state index contributed by atoms with van der Waals surface area (Å²) in [7, 11) is 1.47. The maximum absolute atomic E-state index is 13.1. The third-order valence-corrected chi connectivity index (χ3v) is 6.36. The van der Waals surface area contributed by atoms with Crippen LogP contribution in [-0.4, -0.2) is 53.7 Å². The number of anilines is 1. The van der Waals surface area contributed by atoms with E-state index in [-0.39, 0.29) is 30.6 Å². The Balaban J connectivity index is 1.83. The zero-order valence-corrected chi connectivity index (χ0v) is 16.3. The van der Waals surface area contributed by atoms with Gasteiger partial charge in [-0.15, -0.1) is 11.8 Å². The summed E-state index contributed by atoms with van der Waals surface area (Å²) in [5, 5.41) is 2.53. The Kier molecular flexibility index (Phi) is 5.81. The summed E-state index contributed by atoms with van der Waals surface area (Å²) in [6.07, 6.45) is -3.55. The number of benzene rings is 1. The van der Waals surface area contributed by atoms with Crippen LogP contribution in [0.3, 0.4) is 0 Å². The molecule has 2 aliphatic rings. The minimum absolute atomic E-state index is 0.0822. The smallest absolute Gasteiger partial charge is 0.416 e. The zero-order chi connectivity index (χ0) is 20.5. The Morgan fingerprint density at radius 1 is 1.39 bits per heavy atom. The minimum atomic E-state index is -4.56. The molecule has 6 nitrogen and oxygen atoms in total. The van der Waals surface area contributed by atoms with E-state index in [1.807, 2.05) is 6.92 Å². The van der Waals surface area contributed by atoms with Crippen LogP contribution in [0, 0.1) is 0 Å². The van der Waals surface area contributed by atoms with E-state index in [9.17, 15) is 22.8 Å². The van der Waals surface area contributed by atoms with E-state index in [1.54, 1.807) is 4.90 Å². The zero-order valence-electron chi connectivity index (χ0n) is 15.5. The molecule has 2 heterocycles. The molecule has 2 amide bonds. The van der Waals surface area contributed by atoms with Gasteiger partial charge in [-0.3, -0.25) is 9.59 Å². The van der Waals surface area contributed by atoms with E-state index >= 15 is 0 Å². The van der Waals surface area contributed by atoms with Crippen molar-refractivity contribution in [1.29, 1.82) is 0 Å². The number of amides is 2. The highest BCUT2D eigenvalue weighted by Crippen LogP contribution is 2.47. The van der Waals surface area contributed by atoms with E-state index in [2.05, 4.69) is 5.32 Å². The second kappa shape index (κ2) is 7.82. The van der Waals surface area contributed by atoms with E-state index in [0.717, 1.165) is 12.1 Å². The maximum Gasteiger partial charge on any atom is 0.416 e. The molecule has 0 aliphatic carbocycles. The van der Waals surface area contributed by atoms with Gasteiger partial charge in [-0.05, 0) is 31.5 Å². The fourth-order valence-electron chi connectivity index (χ4n) is 3.40. The van der Waals surface area contributed by atoms with Crippen molar-refractivity contribution in [2.45, 2.75) is 36.9 Å². The van der Waals surface area contributed by atoms with Gasteiger partial charge in [0.15, 0.2) is 0 Å². The van der Waals surface area contributed by atoms with Crippen LogP contribution < -0.4 is 10.1 Å². The highest BCUT2D eigenvalue weighted by molar-refractivity contribution is 8.01. The first-order chi connectivity index (χ1) is 13.2. The van der Waals surface area contributed by atoms with Gasteiger partial charge >= 0.3 is 6.18 Å². The number of ether oxygens (including phenoxy) is 2. The van der Waals surface area contributed by atoms with Gasteiger partial charge in [-0.25, -0.2) is 0 Å². The Morgan fingerprint density at radius 3 is 2.82 bits per heavy atom. The number of carbonyl (C=O) groups is 2. The van der Waals surface area contributed by atoms with Crippen LogP contribution >= 0.6 is 11.8 Å². The average Bonchev–Trinajstić information content (AvgIpc) is 3.11. The predicted octanol–water partition coefficient (Wildman–Crippen LogP) is 3.12. The SMILES string of the molecule is COCCOc1ccc(C(F)(F)F)cc1NC(=O)C1CSC2(C)CCC(=O)N12. The Labute approximate surface area is 164 Å². The quantitative estimate of drug-likeness (QED) is 0.719. The summed E-state index contributed by atoms with van der Waals surface area (Å²) in [5.41, 5.74) is -0.981. The summed E-state index contributed by atoms with van der Waals surface area (Å²) in [6.45, 7) is 2.26. The minimum Gasteiger partial charge on any atom is -0.489 e. The lowest BCUT2D eigenvalue weighted by Gasteiger charge is -2.30. The monoisotopic (exact) mass is 418 g/mol. The second-order valence-electron chi connectivity index (χ2n) is 6.80. The number of nitrogens with zero attached hydrogens (tertiary/aromatic N) is 1. The van der Waals surface area contributed by atoms with Crippen molar-refractivity contribution in [3.8, 4) is 5.75 Å². The van der Waals surface area contributed by atoms with Gasteiger partial charge in [0.1, 0.15) is 18.4 Å². The molecule has 2 aliphatic heterocycles. The van der Waals surface area contributed by atoms with Gasteiger partial charge < -0.3 is 19.7 Å². The number of methoxy groups -OCH3 is 1. The molecule has 2 unspecified atom stereocenters. The van der Waals surface area contributed by atoms with Crippen molar-refractivity contribution in [3.05, 3.63) is 23.8 Å². The van der Waals surface area contributed by atoms with Crippen LogP contribution in [0.25, 0.3) is 0 Å². The van der Waals surface area contributed by atoms with Crippen molar-refractivity contribution < 1.29 is 32.2 Å². The molecular weight excluding hydrogens is 397 g/mol. The maximum atomic E-state index is 13.1. The third kappa shape index (κ3) is 4.07. The number of hydrogen-bond acceptors (Lipinski definition) is 5. The summed E-state index contributed by atoms with van der Waals surface area (Å²) >= 11 is 1.51. The molecule has 3 rings (SSSR count). The van der Waals surface area contributed by atoms with Crippen LogP contribution in [0.5, 0.6) is 5.75 Å². The Hall–Kier alpha value is -1.94. The molecule has 2 atom stereocenters. The van der Waals surface area contributed by atoms with Gasteiger partial charge in [0.05, 0.1) is 22.7 Å². The van der Waals surface area contributed by atoms with E-state index in [4.69, 9.17) is 9.47 Å². The normalized spacial score (nSPS) is 24.4. The second-order valence-corrected chi connectivity index (χ2v) is 8.31. The van der Waals surface area contributed by atoms with Crippen molar-refractivity contribution in [1.82, 2.24) is 4.90 Å². The number of alkyl halides is 3. The fraction of sp³-hybridized carbons (Fsp3) is 0.556. The molecule has 10 heteroatoms. The van der Waals surface area contributed by atoms with Gasteiger partial charge in [0.25, 0.3) is 0 Å². The van der Waals surface area contributed by atoms with Crippen LogP contribution in [0.1, 0.15) is 25.3 Å². The van der Waals surface area contributed by atoms with Crippen LogP contribution in [0.2, 0.25) is 0 Å². The number of nitrogens with one attached hydrogen (secondary N) is 1. The van der Waals surface area contributed by atoms with Crippen molar-refractivity contribution in [3.63, 3.8) is 0 Å². The van der Waals surface area contributed by atoms with E-state index in [0.29, 0.717) is 18.6 Å². The van der Waals surface area contributed by atoms with Gasteiger partial charge in [0.2, 0.25) is 11.8 Å². The molecule has 0 bridgehead atoms. The molecule has 28 heavy (non-hydrogen) atoms. The van der Waals surface area contributed by atoms with Gasteiger partial charge in [0, 0.05) is 19.3 Å². The van der Waals surface area contributed by atoms with Crippen molar-refractivity contribution in [2.24, 2.45) is 0 Å². The summed E-state index contributed by atoms with van der Waals surface area (Å²) in [4.78, 5) is 26.1. The Bertz CT molecular complexity index is 774.